The van der Waals surface area contributed by atoms with Crippen molar-refractivity contribution in [1.29, 1.82) is 0 Å². The Morgan fingerprint density at radius 3 is 2.33 bits per heavy atom. The summed E-state index contributed by atoms with van der Waals surface area (Å²) in [6.45, 7) is 2.46. The molecule has 0 atom stereocenters. The fraction of sp³-hybridized carbons (Fsp3) is 0.278. The number of hydrogen-bond acceptors (Lipinski definition) is 2. The van der Waals surface area contributed by atoms with Gasteiger partial charge in [0, 0.05) is 11.4 Å². The second-order valence-corrected chi connectivity index (χ2v) is 5.07. The first-order chi connectivity index (χ1) is 10.3. The van der Waals surface area contributed by atoms with E-state index in [1.165, 1.54) is 18.4 Å². The number of aryl methyl sites for hydroxylation is 1. The molecule has 0 spiro atoms. The zero-order valence-electron chi connectivity index (χ0n) is 12.4. The minimum atomic E-state index is -0.0451. The lowest BCUT2D eigenvalue weighted by atomic mass is 10.1. The smallest absolute Gasteiger partial charge is 0.243 e. The summed E-state index contributed by atoms with van der Waals surface area (Å²) in [7, 11) is 0. The van der Waals surface area contributed by atoms with E-state index in [0.717, 1.165) is 17.8 Å². The van der Waals surface area contributed by atoms with Crippen LogP contribution in [0, 0.1) is 0 Å². The molecule has 0 saturated heterocycles. The molecule has 0 saturated carbocycles. The van der Waals surface area contributed by atoms with Crippen LogP contribution in [0.4, 0.5) is 11.4 Å². The number of unbranched alkanes of at least 4 members (excludes halogenated alkanes) is 1. The summed E-state index contributed by atoms with van der Waals surface area (Å²) >= 11 is 0. The molecule has 21 heavy (non-hydrogen) atoms. The molecule has 2 aromatic carbocycles. The Hall–Kier alpha value is -2.29. The minimum Gasteiger partial charge on any atom is -0.376 e. The predicted molar refractivity (Wildman–Crippen MR) is 88.6 cm³/mol. The van der Waals surface area contributed by atoms with Crippen LogP contribution in [0.3, 0.4) is 0 Å². The van der Waals surface area contributed by atoms with Gasteiger partial charge in [-0.1, -0.05) is 43.7 Å². The van der Waals surface area contributed by atoms with Gasteiger partial charge in [-0.3, -0.25) is 4.79 Å². The highest BCUT2D eigenvalue weighted by molar-refractivity contribution is 5.93. The number of rotatable bonds is 7. The third kappa shape index (κ3) is 5.30. The van der Waals surface area contributed by atoms with Gasteiger partial charge in [0.25, 0.3) is 0 Å². The van der Waals surface area contributed by atoms with Crippen LogP contribution in [0.1, 0.15) is 25.3 Å². The second kappa shape index (κ2) is 8.10. The Labute approximate surface area is 126 Å². The Kier molecular flexibility index (Phi) is 5.83. The summed E-state index contributed by atoms with van der Waals surface area (Å²) < 4.78 is 0. The van der Waals surface area contributed by atoms with Crippen molar-refractivity contribution in [3.63, 3.8) is 0 Å². The predicted octanol–water partition coefficient (Wildman–Crippen LogP) is 4.08. The Morgan fingerprint density at radius 1 is 0.952 bits per heavy atom. The van der Waals surface area contributed by atoms with Gasteiger partial charge in [-0.05, 0) is 42.7 Å². The maximum atomic E-state index is 11.8. The molecule has 0 aliphatic heterocycles. The fourth-order valence-corrected chi connectivity index (χ4v) is 2.08. The number of carbonyl (C=O) groups is 1. The van der Waals surface area contributed by atoms with Crippen molar-refractivity contribution in [3.8, 4) is 0 Å². The van der Waals surface area contributed by atoms with E-state index in [4.69, 9.17) is 0 Å². The molecule has 3 nitrogen and oxygen atoms in total. The molecule has 0 bridgehead atoms. The van der Waals surface area contributed by atoms with Crippen molar-refractivity contribution in [2.24, 2.45) is 0 Å². The van der Waals surface area contributed by atoms with E-state index in [2.05, 4.69) is 29.7 Å². The van der Waals surface area contributed by atoms with Gasteiger partial charge < -0.3 is 10.6 Å². The molecule has 2 aromatic rings. The highest BCUT2D eigenvalue weighted by Gasteiger charge is 2.02. The van der Waals surface area contributed by atoms with E-state index in [-0.39, 0.29) is 12.5 Å². The van der Waals surface area contributed by atoms with Crippen LogP contribution in [0.2, 0.25) is 0 Å². The lowest BCUT2D eigenvalue weighted by molar-refractivity contribution is -0.114. The maximum absolute atomic E-state index is 11.8. The minimum absolute atomic E-state index is 0.0451. The van der Waals surface area contributed by atoms with Crippen LogP contribution in [0.5, 0.6) is 0 Å². The molecule has 0 radical (unpaired) electrons. The van der Waals surface area contributed by atoms with E-state index in [1.807, 2.05) is 42.5 Å². The number of anilines is 2. The Balaban J connectivity index is 1.78. The number of carbonyl (C=O) groups excluding carboxylic acids is 1. The van der Waals surface area contributed by atoms with Gasteiger partial charge in [0.05, 0.1) is 6.54 Å². The second-order valence-electron chi connectivity index (χ2n) is 5.07. The molecule has 0 aliphatic carbocycles. The lowest BCUT2D eigenvalue weighted by Gasteiger charge is -2.08. The fourth-order valence-electron chi connectivity index (χ4n) is 2.08. The van der Waals surface area contributed by atoms with Crippen LogP contribution in [-0.2, 0) is 11.2 Å². The van der Waals surface area contributed by atoms with Gasteiger partial charge in [0.2, 0.25) is 5.91 Å². The first-order valence-electron chi connectivity index (χ1n) is 7.45. The summed E-state index contributed by atoms with van der Waals surface area (Å²) in [5.41, 5.74) is 3.13. The molecule has 0 aromatic heterocycles. The summed E-state index contributed by atoms with van der Waals surface area (Å²) in [5.74, 6) is -0.0451. The molecule has 1 amide bonds. The SMILES string of the molecule is CCCCc1ccc(NCC(=O)Nc2ccccc2)cc1. The highest BCUT2D eigenvalue weighted by Crippen LogP contribution is 2.11. The average molecular weight is 282 g/mol. The zero-order chi connectivity index (χ0) is 14.9. The molecule has 2 rings (SSSR count). The summed E-state index contributed by atoms with van der Waals surface area (Å²) in [5, 5.41) is 5.99. The van der Waals surface area contributed by atoms with Gasteiger partial charge in [-0.15, -0.1) is 0 Å². The summed E-state index contributed by atoms with van der Waals surface area (Å²) in [6.07, 6.45) is 3.54. The third-order valence-electron chi connectivity index (χ3n) is 3.28. The third-order valence-corrected chi connectivity index (χ3v) is 3.28. The normalized spacial score (nSPS) is 10.1. The molecular formula is C18H22N2O. The monoisotopic (exact) mass is 282 g/mol. The maximum Gasteiger partial charge on any atom is 0.243 e. The van der Waals surface area contributed by atoms with Crippen LogP contribution in [0.25, 0.3) is 0 Å². The van der Waals surface area contributed by atoms with E-state index in [1.54, 1.807) is 0 Å². The van der Waals surface area contributed by atoms with Crippen molar-refractivity contribution in [2.45, 2.75) is 26.2 Å². The quantitative estimate of drug-likeness (QED) is 0.803. The topological polar surface area (TPSA) is 41.1 Å². The average Bonchev–Trinajstić information content (AvgIpc) is 2.53. The Bertz CT molecular complexity index is 549. The van der Waals surface area contributed by atoms with Crippen molar-refractivity contribution < 1.29 is 4.79 Å². The van der Waals surface area contributed by atoms with E-state index in [0.29, 0.717) is 0 Å². The summed E-state index contributed by atoms with van der Waals surface area (Å²) in [6, 6.07) is 17.8. The van der Waals surface area contributed by atoms with Gasteiger partial charge in [0.15, 0.2) is 0 Å². The molecule has 0 heterocycles. The standard InChI is InChI=1S/C18H22N2O/c1-2-3-7-15-10-12-16(13-11-15)19-14-18(21)20-17-8-5-4-6-9-17/h4-6,8-13,19H,2-3,7,14H2,1H3,(H,20,21). The number of nitrogens with one attached hydrogen (secondary N) is 2. The molecule has 110 valence electrons. The largest absolute Gasteiger partial charge is 0.376 e. The Morgan fingerprint density at radius 2 is 1.67 bits per heavy atom. The van der Waals surface area contributed by atoms with Crippen molar-refractivity contribution in [2.75, 3.05) is 17.2 Å². The van der Waals surface area contributed by atoms with Gasteiger partial charge in [-0.2, -0.15) is 0 Å². The van der Waals surface area contributed by atoms with Crippen molar-refractivity contribution in [1.82, 2.24) is 0 Å². The van der Waals surface area contributed by atoms with Crippen LogP contribution < -0.4 is 10.6 Å². The van der Waals surface area contributed by atoms with Gasteiger partial charge in [-0.25, -0.2) is 0 Å². The molecule has 3 heteroatoms. The van der Waals surface area contributed by atoms with E-state index < -0.39 is 0 Å². The van der Waals surface area contributed by atoms with E-state index in [9.17, 15) is 4.79 Å². The first-order valence-corrected chi connectivity index (χ1v) is 7.45. The highest BCUT2D eigenvalue weighted by atomic mass is 16.1. The number of amides is 1. The number of hydrogen-bond donors (Lipinski definition) is 2. The summed E-state index contributed by atoms with van der Waals surface area (Å²) in [4.78, 5) is 11.8. The molecular weight excluding hydrogens is 260 g/mol. The zero-order valence-corrected chi connectivity index (χ0v) is 12.4. The van der Waals surface area contributed by atoms with Crippen LogP contribution in [0.15, 0.2) is 54.6 Å². The lowest BCUT2D eigenvalue weighted by Crippen LogP contribution is -2.21. The first kappa shape index (κ1) is 15.1. The number of para-hydroxylation sites is 1. The molecule has 0 unspecified atom stereocenters. The van der Waals surface area contributed by atoms with Crippen molar-refractivity contribution >= 4 is 17.3 Å². The van der Waals surface area contributed by atoms with Crippen molar-refractivity contribution in [3.05, 3.63) is 60.2 Å². The molecule has 2 N–H and O–H groups in total. The molecule has 0 aliphatic rings. The van der Waals surface area contributed by atoms with Crippen LogP contribution >= 0.6 is 0 Å². The van der Waals surface area contributed by atoms with Gasteiger partial charge >= 0.3 is 0 Å². The molecule has 0 fully saturated rings. The van der Waals surface area contributed by atoms with Gasteiger partial charge in [0.1, 0.15) is 0 Å². The van der Waals surface area contributed by atoms with Crippen LogP contribution in [-0.4, -0.2) is 12.5 Å². The van der Waals surface area contributed by atoms with E-state index >= 15 is 0 Å². The number of benzene rings is 2.